The van der Waals surface area contributed by atoms with Gasteiger partial charge >= 0.3 is 0 Å². The van der Waals surface area contributed by atoms with Gasteiger partial charge in [0.05, 0.1) is 19.5 Å². The third-order valence-electron chi connectivity index (χ3n) is 3.31. The Balaban J connectivity index is 1.96. The van der Waals surface area contributed by atoms with Crippen molar-refractivity contribution in [2.24, 2.45) is 0 Å². The Morgan fingerprint density at radius 3 is 2.68 bits per heavy atom. The number of thioether (sulfide) groups is 1. The zero-order chi connectivity index (χ0) is 18.4. The number of methoxy groups -OCH3 is 2. The molecule has 0 radical (unpaired) electrons. The van der Waals surface area contributed by atoms with E-state index >= 15 is 0 Å². The molecule has 0 saturated carbocycles. The predicted octanol–water partition coefficient (Wildman–Crippen LogP) is 1.17. The van der Waals surface area contributed by atoms with Gasteiger partial charge in [-0.15, -0.1) is 0 Å². The van der Waals surface area contributed by atoms with Gasteiger partial charge in [0.15, 0.2) is 16.7 Å². The third kappa shape index (κ3) is 5.15. The van der Waals surface area contributed by atoms with Crippen LogP contribution >= 0.6 is 11.8 Å². The van der Waals surface area contributed by atoms with Crippen molar-refractivity contribution in [1.82, 2.24) is 15.3 Å². The summed E-state index contributed by atoms with van der Waals surface area (Å²) >= 11 is 1.13. The number of amides is 1. The molecule has 0 spiro atoms. The van der Waals surface area contributed by atoms with Gasteiger partial charge in [0.25, 0.3) is 5.56 Å². The molecule has 1 heterocycles. The Labute approximate surface area is 149 Å². The molecule has 9 heteroatoms. The summed E-state index contributed by atoms with van der Waals surface area (Å²) in [6, 6.07) is 6.61. The van der Waals surface area contributed by atoms with Crippen molar-refractivity contribution in [2.75, 3.05) is 20.0 Å². The van der Waals surface area contributed by atoms with Crippen LogP contribution in [0.4, 0.5) is 5.82 Å². The molecular weight excluding hydrogens is 344 g/mol. The van der Waals surface area contributed by atoms with Crippen LogP contribution in [0, 0.1) is 0 Å². The van der Waals surface area contributed by atoms with Crippen molar-refractivity contribution < 1.29 is 14.3 Å². The maximum atomic E-state index is 12.2. The predicted molar refractivity (Wildman–Crippen MR) is 96.0 cm³/mol. The summed E-state index contributed by atoms with van der Waals surface area (Å²) in [6.07, 6.45) is 0. The number of ether oxygens (including phenoxy) is 2. The fourth-order valence-corrected chi connectivity index (χ4v) is 2.90. The second-order valence-corrected chi connectivity index (χ2v) is 6.47. The van der Waals surface area contributed by atoms with E-state index in [4.69, 9.17) is 15.2 Å². The van der Waals surface area contributed by atoms with Gasteiger partial charge in [0.2, 0.25) is 5.91 Å². The van der Waals surface area contributed by atoms with Gasteiger partial charge < -0.3 is 25.5 Å². The van der Waals surface area contributed by atoms with Crippen LogP contribution in [0.3, 0.4) is 0 Å². The molecule has 8 nitrogen and oxygen atoms in total. The van der Waals surface area contributed by atoms with Gasteiger partial charge in [-0.3, -0.25) is 9.59 Å². The highest BCUT2D eigenvalue weighted by atomic mass is 32.2. The molecule has 0 aliphatic heterocycles. The fraction of sp³-hybridized carbons (Fsp3) is 0.312. The van der Waals surface area contributed by atoms with Crippen molar-refractivity contribution in [3.8, 4) is 11.5 Å². The standard InChI is InChI=1S/C16H20N4O4S/c1-9(25-16-19-13(17)7-14(21)20-16)15(22)18-8-10-4-5-11(23-2)12(6-10)24-3/h4-7,9H,8H2,1-3H3,(H,18,22)(H3,17,19,20,21). The van der Waals surface area contributed by atoms with E-state index in [1.54, 1.807) is 33.3 Å². The SMILES string of the molecule is COc1ccc(CNC(=O)C(C)Sc2nc(N)cc(=O)[nH]2)cc1OC. The van der Waals surface area contributed by atoms with E-state index in [9.17, 15) is 9.59 Å². The van der Waals surface area contributed by atoms with Gasteiger partial charge in [0.1, 0.15) is 5.82 Å². The quantitative estimate of drug-likeness (QED) is 0.498. The zero-order valence-corrected chi connectivity index (χ0v) is 15.0. The first-order chi connectivity index (χ1) is 11.9. The number of H-pyrrole nitrogens is 1. The van der Waals surface area contributed by atoms with E-state index in [0.29, 0.717) is 23.2 Å². The Hall–Kier alpha value is -2.68. The first-order valence-electron chi connectivity index (χ1n) is 7.45. The minimum atomic E-state index is -0.454. The van der Waals surface area contributed by atoms with Gasteiger partial charge in [-0.25, -0.2) is 4.98 Å². The summed E-state index contributed by atoms with van der Waals surface area (Å²) in [5, 5.41) is 2.68. The Morgan fingerprint density at radius 2 is 2.04 bits per heavy atom. The number of carbonyl (C=O) groups excluding carboxylic acids is 1. The van der Waals surface area contributed by atoms with Gasteiger partial charge in [-0.05, 0) is 24.6 Å². The Morgan fingerprint density at radius 1 is 1.32 bits per heavy atom. The smallest absolute Gasteiger partial charge is 0.253 e. The third-order valence-corrected chi connectivity index (χ3v) is 4.30. The van der Waals surface area contributed by atoms with Crippen molar-refractivity contribution in [3.05, 3.63) is 40.2 Å². The van der Waals surface area contributed by atoms with E-state index in [-0.39, 0.29) is 17.3 Å². The molecule has 0 aliphatic rings. The van der Waals surface area contributed by atoms with Crippen LogP contribution in [-0.2, 0) is 11.3 Å². The Kier molecular flexibility index (Phi) is 6.29. The molecular formula is C16H20N4O4S. The van der Waals surface area contributed by atoms with Gasteiger partial charge in [-0.2, -0.15) is 0 Å². The lowest BCUT2D eigenvalue weighted by atomic mass is 10.2. The summed E-state index contributed by atoms with van der Waals surface area (Å²) in [7, 11) is 3.12. The van der Waals surface area contributed by atoms with Crippen LogP contribution in [0.15, 0.2) is 34.2 Å². The average molecular weight is 364 g/mol. The first-order valence-corrected chi connectivity index (χ1v) is 8.33. The molecule has 1 atom stereocenters. The number of hydrogen-bond donors (Lipinski definition) is 3. The topological polar surface area (TPSA) is 119 Å². The summed E-state index contributed by atoms with van der Waals surface area (Å²) < 4.78 is 10.4. The Bertz CT molecular complexity index is 809. The van der Waals surface area contributed by atoms with Crippen molar-refractivity contribution in [2.45, 2.75) is 23.9 Å². The normalized spacial score (nSPS) is 11.6. The highest BCUT2D eigenvalue weighted by Gasteiger charge is 2.16. The molecule has 0 fully saturated rings. The number of aromatic nitrogens is 2. The minimum absolute atomic E-state index is 0.115. The van der Waals surface area contributed by atoms with Crippen LogP contribution < -0.4 is 26.1 Å². The number of rotatable bonds is 7. The van der Waals surface area contributed by atoms with E-state index in [2.05, 4.69) is 15.3 Å². The first kappa shape index (κ1) is 18.7. The highest BCUT2D eigenvalue weighted by Crippen LogP contribution is 2.27. The van der Waals surface area contributed by atoms with E-state index in [0.717, 1.165) is 17.3 Å². The molecule has 1 aromatic heterocycles. The number of nitrogens with one attached hydrogen (secondary N) is 2. The summed E-state index contributed by atoms with van der Waals surface area (Å²) in [5.41, 5.74) is 6.05. The molecule has 0 bridgehead atoms. The number of hydrogen-bond acceptors (Lipinski definition) is 7. The molecule has 1 amide bonds. The fourth-order valence-electron chi connectivity index (χ4n) is 2.05. The number of anilines is 1. The second kappa shape index (κ2) is 8.43. The molecule has 1 aromatic carbocycles. The molecule has 1 unspecified atom stereocenters. The van der Waals surface area contributed by atoms with Crippen LogP contribution in [0.1, 0.15) is 12.5 Å². The van der Waals surface area contributed by atoms with Gasteiger partial charge in [0, 0.05) is 12.6 Å². The maximum Gasteiger partial charge on any atom is 0.253 e. The number of nitrogens with two attached hydrogens (primary N) is 1. The monoisotopic (exact) mass is 364 g/mol. The maximum absolute atomic E-state index is 12.2. The van der Waals surface area contributed by atoms with Crippen LogP contribution in [-0.4, -0.2) is 35.3 Å². The molecule has 134 valence electrons. The number of benzene rings is 1. The van der Waals surface area contributed by atoms with E-state index in [1.165, 1.54) is 6.07 Å². The highest BCUT2D eigenvalue weighted by molar-refractivity contribution is 8.00. The average Bonchev–Trinajstić information content (AvgIpc) is 2.58. The zero-order valence-electron chi connectivity index (χ0n) is 14.2. The number of carbonyl (C=O) groups is 1. The minimum Gasteiger partial charge on any atom is -0.493 e. The van der Waals surface area contributed by atoms with E-state index in [1.807, 2.05) is 6.07 Å². The second-order valence-electron chi connectivity index (χ2n) is 5.14. The lowest BCUT2D eigenvalue weighted by molar-refractivity contribution is -0.120. The molecule has 4 N–H and O–H groups in total. The number of nitrogen functional groups attached to an aromatic ring is 1. The summed E-state index contributed by atoms with van der Waals surface area (Å²) in [4.78, 5) is 30.1. The molecule has 0 aliphatic carbocycles. The van der Waals surface area contributed by atoms with Crippen LogP contribution in [0.2, 0.25) is 0 Å². The van der Waals surface area contributed by atoms with Crippen molar-refractivity contribution >= 4 is 23.5 Å². The molecule has 25 heavy (non-hydrogen) atoms. The van der Waals surface area contributed by atoms with Crippen LogP contribution in [0.25, 0.3) is 0 Å². The van der Waals surface area contributed by atoms with E-state index < -0.39 is 5.25 Å². The van der Waals surface area contributed by atoms with Crippen molar-refractivity contribution in [3.63, 3.8) is 0 Å². The molecule has 2 rings (SSSR count). The summed E-state index contributed by atoms with van der Waals surface area (Å²) in [6.45, 7) is 2.06. The molecule has 0 saturated heterocycles. The largest absolute Gasteiger partial charge is 0.493 e. The van der Waals surface area contributed by atoms with Gasteiger partial charge in [-0.1, -0.05) is 17.8 Å². The van der Waals surface area contributed by atoms with Crippen molar-refractivity contribution in [1.29, 1.82) is 0 Å². The summed E-state index contributed by atoms with van der Waals surface area (Å²) in [5.74, 6) is 1.14. The van der Waals surface area contributed by atoms with Crippen LogP contribution in [0.5, 0.6) is 11.5 Å². The number of nitrogens with zero attached hydrogens (tertiary/aromatic N) is 1. The lowest BCUT2D eigenvalue weighted by Crippen LogP contribution is -2.30. The number of aromatic amines is 1. The lowest BCUT2D eigenvalue weighted by Gasteiger charge is -2.13. The molecule has 2 aromatic rings.